The molecule has 1 saturated carbocycles. The third-order valence-corrected chi connectivity index (χ3v) is 5.96. The second-order valence-electron chi connectivity index (χ2n) is 6.27. The van der Waals surface area contributed by atoms with Gasteiger partial charge >= 0.3 is 0 Å². The van der Waals surface area contributed by atoms with Gasteiger partial charge in [0.2, 0.25) is 5.89 Å². The number of aromatic hydroxyl groups is 1. The van der Waals surface area contributed by atoms with Crippen molar-refractivity contribution in [2.45, 2.75) is 21.9 Å². The highest BCUT2D eigenvalue weighted by Crippen LogP contribution is 2.59. The van der Waals surface area contributed by atoms with E-state index < -0.39 is 4.33 Å². The molecule has 27 heavy (non-hydrogen) atoms. The molecule has 1 fully saturated rings. The van der Waals surface area contributed by atoms with Crippen LogP contribution in [-0.4, -0.2) is 31.2 Å². The van der Waals surface area contributed by atoms with Crippen molar-refractivity contribution in [2.75, 3.05) is 5.75 Å². The van der Waals surface area contributed by atoms with Gasteiger partial charge in [0.05, 0.1) is 5.75 Å². The molecule has 3 aromatic rings. The Labute approximate surface area is 169 Å². The second kappa shape index (κ2) is 7.19. The smallest absolute Gasteiger partial charge is 0.277 e. The number of carbonyl (C=O) groups is 1. The lowest BCUT2D eigenvalue weighted by Gasteiger charge is -2.03. The first-order valence-electron chi connectivity index (χ1n) is 8.19. The maximum absolute atomic E-state index is 12.4. The van der Waals surface area contributed by atoms with Crippen LogP contribution in [-0.2, 0) is 0 Å². The van der Waals surface area contributed by atoms with Crippen molar-refractivity contribution in [3.05, 3.63) is 59.7 Å². The minimum atomic E-state index is -0.672. The highest BCUT2D eigenvalue weighted by molar-refractivity contribution is 7.99. The first kappa shape index (κ1) is 18.3. The zero-order valence-electron chi connectivity index (χ0n) is 13.9. The number of carbonyl (C=O) groups excluding carboxylic acids is 1. The van der Waals surface area contributed by atoms with Gasteiger partial charge in [-0.05, 0) is 36.2 Å². The SMILES string of the molecule is O=C(CSc1nnc(-c2ccc(O)cc2)o1)c1ccc(C2CC2(Cl)Cl)cc1. The normalized spacial score (nSPS) is 17.6. The summed E-state index contributed by atoms with van der Waals surface area (Å²) < 4.78 is 4.88. The fraction of sp³-hybridized carbons (Fsp3) is 0.211. The van der Waals surface area contributed by atoms with Gasteiger partial charge in [0.25, 0.3) is 5.22 Å². The number of Topliss-reactive ketones (excluding diaryl/α,β-unsaturated/α-hetero) is 1. The van der Waals surface area contributed by atoms with E-state index in [4.69, 9.17) is 27.6 Å². The molecule has 1 atom stereocenters. The van der Waals surface area contributed by atoms with Crippen molar-refractivity contribution >= 4 is 40.7 Å². The number of nitrogens with zero attached hydrogens (tertiary/aromatic N) is 2. The molecule has 0 bridgehead atoms. The number of hydrogen-bond acceptors (Lipinski definition) is 6. The van der Waals surface area contributed by atoms with Crippen LogP contribution in [0.3, 0.4) is 0 Å². The molecule has 1 N–H and O–H groups in total. The first-order valence-corrected chi connectivity index (χ1v) is 9.93. The highest BCUT2D eigenvalue weighted by Gasteiger charge is 2.52. The molecular weight excluding hydrogens is 407 g/mol. The molecule has 2 aromatic carbocycles. The van der Waals surface area contributed by atoms with Crippen molar-refractivity contribution < 1.29 is 14.3 Å². The van der Waals surface area contributed by atoms with Crippen LogP contribution in [0.1, 0.15) is 28.3 Å². The Hall–Kier alpha value is -2.02. The van der Waals surface area contributed by atoms with E-state index >= 15 is 0 Å². The van der Waals surface area contributed by atoms with Crippen molar-refractivity contribution in [3.8, 4) is 17.2 Å². The average Bonchev–Trinajstić information content (AvgIpc) is 3.07. The molecule has 1 aliphatic rings. The van der Waals surface area contributed by atoms with E-state index in [0.29, 0.717) is 22.2 Å². The highest BCUT2D eigenvalue weighted by atomic mass is 35.5. The summed E-state index contributed by atoms with van der Waals surface area (Å²) in [5.74, 6) is 0.790. The Morgan fingerprint density at radius 1 is 1.15 bits per heavy atom. The van der Waals surface area contributed by atoms with Crippen LogP contribution in [0, 0.1) is 0 Å². The summed E-state index contributed by atoms with van der Waals surface area (Å²) in [5.41, 5.74) is 2.35. The molecule has 138 valence electrons. The summed E-state index contributed by atoms with van der Waals surface area (Å²) >= 11 is 13.3. The van der Waals surface area contributed by atoms with Crippen molar-refractivity contribution in [3.63, 3.8) is 0 Å². The van der Waals surface area contributed by atoms with E-state index in [2.05, 4.69) is 10.2 Å². The lowest BCUT2D eigenvalue weighted by atomic mass is 10.1. The zero-order valence-corrected chi connectivity index (χ0v) is 16.3. The number of rotatable bonds is 6. The van der Waals surface area contributed by atoms with Crippen LogP contribution in [0.4, 0.5) is 0 Å². The van der Waals surface area contributed by atoms with Crippen LogP contribution in [0.5, 0.6) is 5.75 Å². The molecule has 4 rings (SSSR count). The molecule has 1 aromatic heterocycles. The molecule has 1 unspecified atom stereocenters. The predicted octanol–water partition coefficient (Wildman–Crippen LogP) is 5.08. The molecule has 8 heteroatoms. The van der Waals surface area contributed by atoms with Crippen LogP contribution >= 0.6 is 35.0 Å². The largest absolute Gasteiger partial charge is 0.508 e. The number of aromatic nitrogens is 2. The lowest BCUT2D eigenvalue weighted by Crippen LogP contribution is -2.02. The van der Waals surface area contributed by atoms with Gasteiger partial charge in [0.15, 0.2) is 5.78 Å². The van der Waals surface area contributed by atoms with Gasteiger partial charge in [-0.2, -0.15) is 0 Å². The molecule has 0 saturated heterocycles. The van der Waals surface area contributed by atoms with Gasteiger partial charge in [-0.1, -0.05) is 36.0 Å². The monoisotopic (exact) mass is 420 g/mol. The van der Waals surface area contributed by atoms with Gasteiger partial charge in [-0.25, -0.2) is 0 Å². The quantitative estimate of drug-likeness (QED) is 0.340. The minimum absolute atomic E-state index is 0.0326. The van der Waals surface area contributed by atoms with E-state index in [0.717, 1.165) is 12.0 Å². The molecule has 1 aliphatic carbocycles. The Kier molecular flexibility index (Phi) is 4.88. The van der Waals surface area contributed by atoms with E-state index in [1.807, 2.05) is 12.1 Å². The topological polar surface area (TPSA) is 76.2 Å². The lowest BCUT2D eigenvalue weighted by molar-refractivity contribution is 0.102. The first-order chi connectivity index (χ1) is 12.9. The minimum Gasteiger partial charge on any atom is -0.508 e. The fourth-order valence-electron chi connectivity index (χ4n) is 2.68. The molecule has 0 radical (unpaired) electrons. The summed E-state index contributed by atoms with van der Waals surface area (Å²) in [5, 5.41) is 17.5. The summed E-state index contributed by atoms with van der Waals surface area (Å²) in [6.07, 6.45) is 0.736. The Balaban J connectivity index is 1.36. The fourth-order valence-corrected chi connectivity index (χ4v) is 3.89. The number of phenolic OH excluding ortho intramolecular Hbond substituents is 1. The van der Waals surface area contributed by atoms with Crippen molar-refractivity contribution in [2.24, 2.45) is 0 Å². The van der Waals surface area contributed by atoms with E-state index in [1.165, 1.54) is 11.8 Å². The van der Waals surface area contributed by atoms with Crippen LogP contribution in [0.2, 0.25) is 0 Å². The van der Waals surface area contributed by atoms with Gasteiger partial charge in [0, 0.05) is 17.0 Å². The maximum Gasteiger partial charge on any atom is 0.277 e. The van der Waals surface area contributed by atoms with Crippen LogP contribution in [0.25, 0.3) is 11.5 Å². The molecular formula is C19H14Cl2N2O3S. The molecule has 0 amide bonds. The van der Waals surface area contributed by atoms with Crippen molar-refractivity contribution in [1.29, 1.82) is 0 Å². The standard InChI is InChI=1S/C19H14Cl2N2O3S/c20-19(21)9-15(19)11-1-3-12(4-2-11)16(25)10-27-18-23-22-17(26-18)13-5-7-14(24)8-6-13/h1-8,15,24H,9-10H2. The summed E-state index contributed by atoms with van der Waals surface area (Å²) in [6.45, 7) is 0. The van der Waals surface area contributed by atoms with E-state index in [9.17, 15) is 9.90 Å². The second-order valence-corrected chi connectivity index (χ2v) is 8.74. The number of benzene rings is 2. The third kappa shape index (κ3) is 4.13. The van der Waals surface area contributed by atoms with Gasteiger partial charge in [-0.3, -0.25) is 4.79 Å². The summed E-state index contributed by atoms with van der Waals surface area (Å²) in [6, 6.07) is 13.8. The van der Waals surface area contributed by atoms with E-state index in [1.54, 1.807) is 36.4 Å². The summed E-state index contributed by atoms with van der Waals surface area (Å²) in [7, 11) is 0. The summed E-state index contributed by atoms with van der Waals surface area (Å²) in [4.78, 5) is 12.4. The number of hydrogen-bond donors (Lipinski definition) is 1. The molecule has 5 nitrogen and oxygen atoms in total. The number of halogens is 2. The predicted molar refractivity (Wildman–Crippen MR) is 105 cm³/mol. The van der Waals surface area contributed by atoms with E-state index in [-0.39, 0.29) is 23.2 Å². The van der Waals surface area contributed by atoms with Gasteiger partial charge < -0.3 is 9.52 Å². The van der Waals surface area contributed by atoms with Crippen LogP contribution in [0.15, 0.2) is 58.2 Å². The van der Waals surface area contributed by atoms with Gasteiger partial charge in [-0.15, -0.1) is 33.4 Å². The van der Waals surface area contributed by atoms with Gasteiger partial charge in [0.1, 0.15) is 10.1 Å². The Bertz CT molecular complexity index is 971. The molecule has 0 spiro atoms. The molecule has 1 heterocycles. The zero-order chi connectivity index (χ0) is 19.0. The number of phenols is 1. The number of thioether (sulfide) groups is 1. The van der Waals surface area contributed by atoms with Crippen LogP contribution < -0.4 is 0 Å². The maximum atomic E-state index is 12.4. The van der Waals surface area contributed by atoms with Crippen molar-refractivity contribution in [1.82, 2.24) is 10.2 Å². The molecule has 0 aliphatic heterocycles. The average molecular weight is 421 g/mol. The Morgan fingerprint density at radius 2 is 1.81 bits per heavy atom. The third-order valence-electron chi connectivity index (χ3n) is 4.31. The Morgan fingerprint density at radius 3 is 2.44 bits per heavy atom. The number of ketones is 1. The number of alkyl halides is 2.